The number of nitrogens with zero attached hydrogens (tertiary/aromatic N) is 1. The van der Waals surface area contributed by atoms with Crippen LogP contribution in [0.15, 0.2) is 48.5 Å². The molecule has 0 radical (unpaired) electrons. The molecule has 0 saturated heterocycles. The summed E-state index contributed by atoms with van der Waals surface area (Å²) in [5.74, 6) is -1.10. The van der Waals surface area contributed by atoms with Gasteiger partial charge in [0.2, 0.25) is 5.91 Å². The fraction of sp³-hybridized carbons (Fsp3) is 0.286. The zero-order valence-corrected chi connectivity index (χ0v) is 14.8. The Hall–Kier alpha value is -3.15. The molecule has 1 aliphatic heterocycles. The van der Waals surface area contributed by atoms with Gasteiger partial charge in [0, 0.05) is 24.6 Å². The summed E-state index contributed by atoms with van der Waals surface area (Å²) in [5, 5.41) is 0. The van der Waals surface area contributed by atoms with Crippen LogP contribution in [0.3, 0.4) is 0 Å². The number of cyclic esters (lactones) is 1. The van der Waals surface area contributed by atoms with E-state index in [-0.39, 0.29) is 11.9 Å². The van der Waals surface area contributed by atoms with Crippen molar-refractivity contribution >= 4 is 17.8 Å². The SMILES string of the molecule is NC(=O)c1ccc(CN(C(=O)C2Cc3ccccc3C(=O)O2)C2CC2)cc1. The normalized spacial score (nSPS) is 18.4. The van der Waals surface area contributed by atoms with Crippen LogP contribution < -0.4 is 5.73 Å². The minimum Gasteiger partial charge on any atom is -0.448 e. The molecule has 6 nitrogen and oxygen atoms in total. The van der Waals surface area contributed by atoms with Gasteiger partial charge >= 0.3 is 5.97 Å². The molecule has 2 aromatic rings. The van der Waals surface area contributed by atoms with E-state index in [0.29, 0.717) is 24.1 Å². The summed E-state index contributed by atoms with van der Waals surface area (Å²) >= 11 is 0. The Labute approximate surface area is 156 Å². The van der Waals surface area contributed by atoms with Crippen molar-refractivity contribution in [2.24, 2.45) is 5.73 Å². The lowest BCUT2D eigenvalue weighted by Crippen LogP contribution is -2.45. The third-order valence-corrected chi connectivity index (χ3v) is 5.03. The second-order valence-electron chi connectivity index (χ2n) is 7.01. The number of hydrogen-bond donors (Lipinski definition) is 1. The van der Waals surface area contributed by atoms with Gasteiger partial charge in [-0.2, -0.15) is 0 Å². The second kappa shape index (κ2) is 6.87. The molecule has 2 N–H and O–H groups in total. The molecule has 0 spiro atoms. The lowest BCUT2D eigenvalue weighted by atomic mass is 9.98. The molecule has 2 aromatic carbocycles. The first-order valence-corrected chi connectivity index (χ1v) is 9.01. The van der Waals surface area contributed by atoms with Gasteiger partial charge in [0.25, 0.3) is 5.91 Å². The van der Waals surface area contributed by atoms with Crippen molar-refractivity contribution in [2.75, 3.05) is 0 Å². The quantitative estimate of drug-likeness (QED) is 0.823. The summed E-state index contributed by atoms with van der Waals surface area (Å²) in [5.41, 5.74) is 7.98. The molecule has 2 amide bonds. The molecular formula is C21H20N2O4. The van der Waals surface area contributed by atoms with Crippen molar-refractivity contribution in [3.8, 4) is 0 Å². The van der Waals surface area contributed by atoms with Gasteiger partial charge in [-0.15, -0.1) is 0 Å². The maximum Gasteiger partial charge on any atom is 0.339 e. The van der Waals surface area contributed by atoms with E-state index in [1.165, 1.54) is 0 Å². The first-order valence-electron chi connectivity index (χ1n) is 9.01. The smallest absolute Gasteiger partial charge is 0.339 e. The largest absolute Gasteiger partial charge is 0.448 e. The fourth-order valence-electron chi connectivity index (χ4n) is 3.40. The number of amides is 2. The summed E-state index contributed by atoms with van der Waals surface area (Å²) in [6, 6.07) is 14.3. The highest BCUT2D eigenvalue weighted by Crippen LogP contribution is 2.31. The summed E-state index contributed by atoms with van der Waals surface area (Å²) in [6.07, 6.45) is 1.49. The first-order chi connectivity index (χ1) is 13.0. The Bertz CT molecular complexity index is 903. The van der Waals surface area contributed by atoms with E-state index in [4.69, 9.17) is 10.5 Å². The molecule has 1 unspecified atom stereocenters. The molecule has 1 atom stereocenters. The van der Waals surface area contributed by atoms with E-state index >= 15 is 0 Å². The molecule has 6 heteroatoms. The predicted octanol–water partition coefficient (Wildman–Crippen LogP) is 2.06. The number of esters is 1. The molecule has 0 aromatic heterocycles. The first kappa shape index (κ1) is 17.3. The standard InChI is InChI=1S/C21H20N2O4/c22-19(24)14-7-5-13(6-8-14)12-23(16-9-10-16)20(25)18-11-15-3-1-2-4-17(15)21(26)27-18/h1-8,16,18H,9-12H2,(H2,22,24). The molecular weight excluding hydrogens is 344 g/mol. The van der Waals surface area contributed by atoms with E-state index in [0.717, 1.165) is 24.0 Å². The van der Waals surface area contributed by atoms with Gasteiger partial charge in [0.05, 0.1) is 5.56 Å². The Kier molecular flexibility index (Phi) is 4.39. The number of carbonyl (C=O) groups excluding carboxylic acids is 3. The lowest BCUT2D eigenvalue weighted by molar-refractivity contribution is -0.142. The minimum absolute atomic E-state index is 0.167. The number of nitrogens with two attached hydrogens (primary N) is 1. The number of rotatable bonds is 5. The van der Waals surface area contributed by atoms with Crippen molar-refractivity contribution < 1.29 is 19.1 Å². The zero-order valence-electron chi connectivity index (χ0n) is 14.8. The average Bonchev–Trinajstić information content (AvgIpc) is 3.51. The summed E-state index contributed by atoms with van der Waals surface area (Å²) in [7, 11) is 0. The topological polar surface area (TPSA) is 89.7 Å². The number of benzene rings is 2. The highest BCUT2D eigenvalue weighted by Gasteiger charge is 2.39. The minimum atomic E-state index is -0.794. The van der Waals surface area contributed by atoms with E-state index in [1.807, 2.05) is 12.1 Å². The number of fused-ring (bicyclic) bond motifs is 1. The molecule has 1 fully saturated rings. The number of hydrogen-bond acceptors (Lipinski definition) is 4. The highest BCUT2D eigenvalue weighted by atomic mass is 16.5. The van der Waals surface area contributed by atoms with Gasteiger partial charge < -0.3 is 15.4 Å². The molecule has 138 valence electrons. The van der Waals surface area contributed by atoms with E-state index in [1.54, 1.807) is 41.3 Å². The Balaban J connectivity index is 1.52. The maximum atomic E-state index is 13.1. The van der Waals surface area contributed by atoms with Crippen LogP contribution in [-0.2, 0) is 22.5 Å². The van der Waals surface area contributed by atoms with Crippen LogP contribution in [0.25, 0.3) is 0 Å². The Morgan fingerprint density at radius 1 is 1.07 bits per heavy atom. The number of carbonyl (C=O) groups is 3. The number of primary amides is 1. The highest BCUT2D eigenvalue weighted by molar-refractivity contribution is 5.96. The van der Waals surface area contributed by atoms with Crippen LogP contribution in [0.4, 0.5) is 0 Å². The van der Waals surface area contributed by atoms with Crippen LogP contribution in [0.1, 0.15) is 44.7 Å². The molecule has 1 saturated carbocycles. The average molecular weight is 364 g/mol. The molecule has 0 bridgehead atoms. The van der Waals surface area contributed by atoms with Crippen molar-refractivity contribution in [1.29, 1.82) is 0 Å². The van der Waals surface area contributed by atoms with E-state index < -0.39 is 18.0 Å². The molecule has 27 heavy (non-hydrogen) atoms. The van der Waals surface area contributed by atoms with Crippen molar-refractivity contribution in [1.82, 2.24) is 4.90 Å². The van der Waals surface area contributed by atoms with E-state index in [2.05, 4.69) is 0 Å². The fourth-order valence-corrected chi connectivity index (χ4v) is 3.40. The monoisotopic (exact) mass is 364 g/mol. The number of ether oxygens (including phenoxy) is 1. The van der Waals surface area contributed by atoms with Gasteiger partial charge in [0.1, 0.15) is 0 Å². The summed E-state index contributed by atoms with van der Waals surface area (Å²) in [6.45, 7) is 0.415. The third kappa shape index (κ3) is 3.56. The van der Waals surface area contributed by atoms with Crippen LogP contribution in [0.2, 0.25) is 0 Å². The third-order valence-electron chi connectivity index (χ3n) is 5.03. The molecule has 2 aliphatic rings. The van der Waals surface area contributed by atoms with Crippen LogP contribution in [0, 0.1) is 0 Å². The van der Waals surface area contributed by atoms with Gasteiger partial charge in [0.15, 0.2) is 6.10 Å². The van der Waals surface area contributed by atoms with Gasteiger partial charge in [-0.3, -0.25) is 9.59 Å². The van der Waals surface area contributed by atoms with Crippen molar-refractivity contribution in [3.63, 3.8) is 0 Å². The second-order valence-corrected chi connectivity index (χ2v) is 7.01. The predicted molar refractivity (Wildman–Crippen MR) is 97.9 cm³/mol. The zero-order chi connectivity index (χ0) is 19.0. The van der Waals surface area contributed by atoms with Gasteiger partial charge in [-0.1, -0.05) is 30.3 Å². The van der Waals surface area contributed by atoms with Gasteiger partial charge in [-0.05, 0) is 42.2 Å². The van der Waals surface area contributed by atoms with Crippen molar-refractivity contribution in [2.45, 2.75) is 38.0 Å². The van der Waals surface area contributed by atoms with Crippen LogP contribution in [0.5, 0.6) is 0 Å². The summed E-state index contributed by atoms with van der Waals surface area (Å²) < 4.78 is 5.43. The molecule has 4 rings (SSSR count). The van der Waals surface area contributed by atoms with E-state index in [9.17, 15) is 14.4 Å². The van der Waals surface area contributed by atoms with Crippen LogP contribution >= 0.6 is 0 Å². The Morgan fingerprint density at radius 2 is 1.78 bits per heavy atom. The van der Waals surface area contributed by atoms with Gasteiger partial charge in [-0.25, -0.2) is 4.79 Å². The maximum absolute atomic E-state index is 13.1. The van der Waals surface area contributed by atoms with Crippen molar-refractivity contribution in [3.05, 3.63) is 70.8 Å². The van der Waals surface area contributed by atoms with Crippen LogP contribution in [-0.4, -0.2) is 34.8 Å². The lowest BCUT2D eigenvalue weighted by Gasteiger charge is -2.30. The molecule has 1 aliphatic carbocycles. The molecule has 1 heterocycles. The summed E-state index contributed by atoms with van der Waals surface area (Å²) in [4.78, 5) is 38.3. The Morgan fingerprint density at radius 3 is 2.44 bits per heavy atom.